The number of phenols is 1. The number of carbonyl (C=O) groups is 2. The Morgan fingerprint density at radius 1 is 1.35 bits per heavy atom. The van der Waals surface area contributed by atoms with Crippen LogP contribution in [-0.2, 0) is 15.8 Å². The van der Waals surface area contributed by atoms with Crippen molar-refractivity contribution in [3.05, 3.63) is 23.8 Å². The van der Waals surface area contributed by atoms with Crippen LogP contribution in [0.15, 0.2) is 18.2 Å². The first-order valence-corrected chi connectivity index (χ1v) is 7.16. The van der Waals surface area contributed by atoms with Crippen LogP contribution in [0.1, 0.15) is 25.3 Å². The number of aromatic hydroxyl groups is 1. The van der Waals surface area contributed by atoms with Gasteiger partial charge < -0.3 is 15.7 Å². The Balaban J connectivity index is 1.86. The highest BCUT2D eigenvalue weighted by Crippen LogP contribution is 2.37. The minimum Gasteiger partial charge on any atom is -0.506 e. The average Bonchev–Trinajstić information content (AvgIpc) is 3.17. The van der Waals surface area contributed by atoms with Crippen molar-refractivity contribution in [2.75, 3.05) is 11.9 Å². The lowest BCUT2D eigenvalue weighted by atomic mass is 10.1. The fourth-order valence-corrected chi connectivity index (χ4v) is 2.14. The summed E-state index contributed by atoms with van der Waals surface area (Å²) < 4.78 is 37.8. The number of halogens is 3. The molecule has 2 amide bonds. The monoisotopic (exact) mass is 330 g/mol. The molecule has 8 heteroatoms. The Morgan fingerprint density at radius 3 is 2.57 bits per heavy atom. The summed E-state index contributed by atoms with van der Waals surface area (Å²) in [5, 5.41) is 14.3. The van der Waals surface area contributed by atoms with Crippen molar-refractivity contribution in [2.45, 2.75) is 25.9 Å². The number of alkyl halides is 3. The van der Waals surface area contributed by atoms with Crippen LogP contribution in [0.2, 0.25) is 0 Å². The van der Waals surface area contributed by atoms with E-state index in [2.05, 4.69) is 10.6 Å². The summed E-state index contributed by atoms with van der Waals surface area (Å²) in [6.07, 6.45) is -3.83. The number of anilines is 1. The number of carbonyl (C=O) groups excluding carboxylic acids is 2. The largest absolute Gasteiger partial charge is 0.506 e. The molecule has 2 unspecified atom stereocenters. The lowest BCUT2D eigenvalue weighted by Crippen LogP contribution is -2.29. The molecule has 3 N–H and O–H groups in total. The van der Waals surface area contributed by atoms with E-state index in [1.54, 1.807) is 0 Å². The Kier molecular flexibility index (Phi) is 4.82. The van der Waals surface area contributed by atoms with Crippen molar-refractivity contribution in [1.82, 2.24) is 5.32 Å². The molecule has 126 valence electrons. The highest BCUT2D eigenvalue weighted by molar-refractivity contribution is 5.92. The third kappa shape index (κ3) is 4.61. The van der Waals surface area contributed by atoms with E-state index in [0.29, 0.717) is 12.0 Å². The van der Waals surface area contributed by atoms with Crippen molar-refractivity contribution in [3.8, 4) is 5.75 Å². The van der Waals surface area contributed by atoms with Gasteiger partial charge in [0.15, 0.2) is 0 Å². The minimum absolute atomic E-state index is 0.00873. The first-order chi connectivity index (χ1) is 10.7. The van der Waals surface area contributed by atoms with Gasteiger partial charge in [-0.15, -0.1) is 0 Å². The maximum absolute atomic E-state index is 12.6. The molecule has 1 aliphatic carbocycles. The van der Waals surface area contributed by atoms with E-state index in [4.69, 9.17) is 0 Å². The van der Waals surface area contributed by atoms with E-state index in [1.165, 1.54) is 0 Å². The van der Waals surface area contributed by atoms with Crippen LogP contribution in [0.25, 0.3) is 0 Å². The molecule has 0 spiro atoms. The Morgan fingerprint density at radius 2 is 2.00 bits per heavy atom. The van der Waals surface area contributed by atoms with Gasteiger partial charge in [-0.2, -0.15) is 13.2 Å². The molecule has 2 atom stereocenters. The van der Waals surface area contributed by atoms with E-state index >= 15 is 0 Å². The zero-order chi connectivity index (χ0) is 17.2. The lowest BCUT2D eigenvalue weighted by Gasteiger charge is -2.12. The van der Waals surface area contributed by atoms with Crippen LogP contribution in [0.4, 0.5) is 18.9 Å². The molecule has 1 saturated carbocycles. The zero-order valence-electron chi connectivity index (χ0n) is 12.4. The van der Waals surface area contributed by atoms with Gasteiger partial charge in [0.25, 0.3) is 0 Å². The first-order valence-electron chi connectivity index (χ1n) is 7.16. The summed E-state index contributed by atoms with van der Waals surface area (Å²) in [7, 11) is 0. The van der Waals surface area contributed by atoms with Crippen molar-refractivity contribution >= 4 is 17.5 Å². The van der Waals surface area contributed by atoms with Crippen LogP contribution in [0, 0.1) is 11.8 Å². The maximum atomic E-state index is 12.6. The number of hydrogen-bond donors (Lipinski definition) is 3. The second kappa shape index (κ2) is 6.47. The molecule has 23 heavy (non-hydrogen) atoms. The summed E-state index contributed by atoms with van der Waals surface area (Å²) in [4.78, 5) is 23.3. The van der Waals surface area contributed by atoms with Gasteiger partial charge in [-0.25, -0.2) is 0 Å². The average molecular weight is 330 g/mol. The van der Waals surface area contributed by atoms with E-state index in [0.717, 1.165) is 18.6 Å². The maximum Gasteiger partial charge on any atom is 0.416 e. The van der Waals surface area contributed by atoms with Gasteiger partial charge in [-0.3, -0.25) is 9.59 Å². The molecule has 1 fully saturated rings. The van der Waals surface area contributed by atoms with Crippen molar-refractivity contribution < 1.29 is 27.9 Å². The minimum atomic E-state index is -4.57. The molecule has 0 aliphatic heterocycles. The topological polar surface area (TPSA) is 78.4 Å². The summed E-state index contributed by atoms with van der Waals surface area (Å²) in [5.74, 6) is -0.824. The highest BCUT2D eigenvalue weighted by atomic mass is 19.4. The molecular formula is C15H17F3N2O3. The zero-order valence-corrected chi connectivity index (χ0v) is 12.4. The van der Waals surface area contributed by atoms with Crippen molar-refractivity contribution in [1.29, 1.82) is 0 Å². The van der Waals surface area contributed by atoms with Crippen LogP contribution >= 0.6 is 0 Å². The number of benzene rings is 1. The van der Waals surface area contributed by atoms with Crippen molar-refractivity contribution in [2.24, 2.45) is 11.8 Å². The predicted molar refractivity (Wildman–Crippen MR) is 76.6 cm³/mol. The second-order valence-electron chi connectivity index (χ2n) is 5.64. The van der Waals surface area contributed by atoms with E-state index in [9.17, 15) is 27.9 Å². The number of nitrogens with one attached hydrogen (secondary N) is 2. The first kappa shape index (κ1) is 17.1. The predicted octanol–water partition coefficient (Wildman–Crippen LogP) is 2.51. The SMILES string of the molecule is CC1CC1C(=O)NCCC(=O)Nc1cc(C(F)(F)F)ccc1O. The van der Waals surface area contributed by atoms with Gasteiger partial charge in [0.05, 0.1) is 11.3 Å². The fourth-order valence-electron chi connectivity index (χ4n) is 2.14. The smallest absolute Gasteiger partial charge is 0.416 e. The Hall–Kier alpha value is -2.25. The highest BCUT2D eigenvalue weighted by Gasteiger charge is 2.38. The summed E-state index contributed by atoms with van der Waals surface area (Å²) >= 11 is 0. The van der Waals surface area contributed by atoms with Crippen LogP contribution < -0.4 is 10.6 Å². The molecule has 5 nitrogen and oxygen atoms in total. The van der Waals surface area contributed by atoms with Gasteiger partial charge in [0.1, 0.15) is 5.75 Å². The van der Waals surface area contributed by atoms with Gasteiger partial charge in [0, 0.05) is 18.9 Å². The molecule has 0 heterocycles. The molecule has 1 aromatic rings. The van der Waals surface area contributed by atoms with Crippen LogP contribution in [0.3, 0.4) is 0 Å². The molecule has 1 aromatic carbocycles. The van der Waals surface area contributed by atoms with Gasteiger partial charge in [0.2, 0.25) is 11.8 Å². The van der Waals surface area contributed by atoms with Gasteiger partial charge >= 0.3 is 6.18 Å². The normalized spacial score (nSPS) is 20.0. The standard InChI is InChI=1S/C15H17F3N2O3/c1-8-6-10(8)14(23)19-5-4-13(22)20-11-7-9(15(16,17)18)2-3-12(11)21/h2-3,7-8,10,21H,4-6H2,1H3,(H,19,23)(H,20,22). The van der Waals surface area contributed by atoms with E-state index in [-0.39, 0.29) is 30.5 Å². The van der Waals surface area contributed by atoms with Crippen molar-refractivity contribution in [3.63, 3.8) is 0 Å². The fraction of sp³-hybridized carbons (Fsp3) is 0.467. The molecule has 1 aliphatic rings. The van der Waals surface area contributed by atoms with E-state index in [1.807, 2.05) is 6.92 Å². The summed E-state index contributed by atoms with van der Waals surface area (Å²) in [6, 6.07) is 2.26. The number of rotatable bonds is 5. The molecule has 0 saturated heterocycles. The quantitative estimate of drug-likeness (QED) is 0.726. The third-order valence-corrected chi connectivity index (χ3v) is 3.70. The molecule has 0 aromatic heterocycles. The number of hydrogen-bond acceptors (Lipinski definition) is 3. The molecular weight excluding hydrogens is 313 g/mol. The Bertz CT molecular complexity index is 616. The molecule has 0 bridgehead atoms. The van der Waals surface area contributed by atoms with Gasteiger partial charge in [-0.05, 0) is 30.5 Å². The third-order valence-electron chi connectivity index (χ3n) is 3.70. The number of amides is 2. The van der Waals surface area contributed by atoms with Gasteiger partial charge in [-0.1, -0.05) is 6.92 Å². The number of phenolic OH excluding ortho intramolecular Hbond substituents is 1. The second-order valence-corrected chi connectivity index (χ2v) is 5.64. The Labute approximate surface area is 130 Å². The summed E-state index contributed by atoms with van der Waals surface area (Å²) in [5.41, 5.74) is -1.28. The lowest BCUT2D eigenvalue weighted by molar-refractivity contribution is -0.137. The van der Waals surface area contributed by atoms with Crippen LogP contribution in [-0.4, -0.2) is 23.5 Å². The summed E-state index contributed by atoms with van der Waals surface area (Å²) in [6.45, 7) is 2.04. The molecule has 0 radical (unpaired) electrons. The van der Waals surface area contributed by atoms with E-state index < -0.39 is 23.4 Å². The molecule has 2 rings (SSSR count). The van der Waals surface area contributed by atoms with Crippen LogP contribution in [0.5, 0.6) is 5.75 Å².